The van der Waals surface area contributed by atoms with Crippen LogP contribution in [0.25, 0.3) is 0 Å². The summed E-state index contributed by atoms with van der Waals surface area (Å²) in [4.78, 5) is 24.8. The second kappa shape index (κ2) is 9.51. The van der Waals surface area contributed by atoms with Crippen LogP contribution in [0, 0.1) is 0 Å². The predicted molar refractivity (Wildman–Crippen MR) is 118 cm³/mol. The number of ether oxygens (including phenoxy) is 4. The number of benzene rings is 2. The Morgan fingerprint density at radius 2 is 1.83 bits per heavy atom. The maximum atomic E-state index is 12.8. The summed E-state index contributed by atoms with van der Waals surface area (Å²) in [5.41, 5.74) is 1.64. The highest BCUT2D eigenvalue weighted by Crippen LogP contribution is 2.47. The van der Waals surface area contributed by atoms with Crippen LogP contribution < -0.4 is 24.8 Å². The molecule has 0 aliphatic carbocycles. The van der Waals surface area contributed by atoms with Crippen LogP contribution in [-0.4, -0.2) is 61.4 Å². The molecule has 0 unspecified atom stereocenters. The van der Waals surface area contributed by atoms with E-state index in [0.717, 1.165) is 5.56 Å². The maximum absolute atomic E-state index is 12.8. The number of amides is 2. The van der Waals surface area contributed by atoms with Gasteiger partial charge in [-0.25, -0.2) is 0 Å². The van der Waals surface area contributed by atoms with Crippen molar-refractivity contribution in [3.63, 3.8) is 0 Å². The summed E-state index contributed by atoms with van der Waals surface area (Å²) in [5.74, 6) is 0.158. The number of hydrogen-bond acceptors (Lipinski definition) is 7. The Morgan fingerprint density at radius 3 is 2.61 bits per heavy atom. The van der Waals surface area contributed by atoms with Crippen LogP contribution in [0.2, 0.25) is 0 Å². The molecule has 192 valence electrons. The highest BCUT2D eigenvalue weighted by Gasteiger charge is 2.46. The number of anilines is 1. The molecule has 0 saturated carbocycles. The molecule has 0 aromatic heterocycles. The third kappa shape index (κ3) is 5.05. The summed E-state index contributed by atoms with van der Waals surface area (Å²) in [7, 11) is 0. The monoisotopic (exact) mass is 508 g/mol. The van der Waals surface area contributed by atoms with Crippen molar-refractivity contribution in [3.05, 3.63) is 47.5 Å². The zero-order valence-corrected chi connectivity index (χ0v) is 18.8. The Hall–Kier alpha value is -3.51. The fourth-order valence-electron chi connectivity index (χ4n) is 4.69. The lowest BCUT2D eigenvalue weighted by Gasteiger charge is -2.37. The zero-order chi connectivity index (χ0) is 25.4. The van der Waals surface area contributed by atoms with Crippen LogP contribution in [0.3, 0.4) is 0 Å². The van der Waals surface area contributed by atoms with Crippen molar-refractivity contribution in [1.29, 1.82) is 0 Å². The van der Waals surface area contributed by atoms with Gasteiger partial charge in [0.25, 0.3) is 5.91 Å². The van der Waals surface area contributed by atoms with E-state index in [1.54, 1.807) is 36.4 Å². The second-order valence-electron chi connectivity index (χ2n) is 8.77. The average Bonchev–Trinajstić information content (AvgIpc) is 3.46. The summed E-state index contributed by atoms with van der Waals surface area (Å²) < 4.78 is 59.5. The molecule has 0 spiro atoms. The lowest BCUT2D eigenvalue weighted by atomic mass is 9.84. The number of fused-ring (bicyclic) bond motifs is 4. The van der Waals surface area contributed by atoms with Gasteiger partial charge < -0.3 is 34.7 Å². The molecule has 9 nitrogen and oxygen atoms in total. The van der Waals surface area contributed by atoms with E-state index in [0.29, 0.717) is 34.9 Å². The van der Waals surface area contributed by atoms with E-state index in [4.69, 9.17) is 18.9 Å². The molecule has 2 aromatic carbocycles. The van der Waals surface area contributed by atoms with Gasteiger partial charge in [-0.15, -0.1) is 0 Å². The molecule has 3 aliphatic rings. The fourth-order valence-corrected chi connectivity index (χ4v) is 4.69. The van der Waals surface area contributed by atoms with E-state index in [9.17, 15) is 27.9 Å². The first-order chi connectivity index (χ1) is 17.2. The molecule has 2 amide bonds. The van der Waals surface area contributed by atoms with E-state index in [1.165, 1.54) is 0 Å². The molecule has 1 saturated heterocycles. The molecular weight excluding hydrogens is 485 g/mol. The number of carbonyl (C=O) groups is 2. The second-order valence-corrected chi connectivity index (χ2v) is 8.77. The predicted octanol–water partition coefficient (Wildman–Crippen LogP) is 2.73. The third-order valence-corrected chi connectivity index (χ3v) is 6.29. The number of hydrogen-bond donors (Lipinski definition) is 3. The molecule has 2 aromatic rings. The first-order valence-electron chi connectivity index (χ1n) is 11.3. The van der Waals surface area contributed by atoms with Crippen LogP contribution in [0.15, 0.2) is 36.4 Å². The summed E-state index contributed by atoms with van der Waals surface area (Å²) >= 11 is 0. The molecular formula is C24H23F3N2O7. The van der Waals surface area contributed by atoms with Crippen molar-refractivity contribution in [2.75, 3.05) is 25.3 Å². The fraction of sp³-hybridized carbons (Fsp3) is 0.417. The van der Waals surface area contributed by atoms with Gasteiger partial charge in [-0.2, -0.15) is 13.2 Å². The van der Waals surface area contributed by atoms with Gasteiger partial charge in [0.1, 0.15) is 24.5 Å². The number of carbonyl (C=O) groups excluding carboxylic acids is 2. The minimum atomic E-state index is -4.51. The maximum Gasteiger partial charge on any atom is 0.405 e. The van der Waals surface area contributed by atoms with Gasteiger partial charge in [-0.05, 0) is 42.8 Å². The Bertz CT molecular complexity index is 1170. The molecule has 0 bridgehead atoms. The molecule has 12 heteroatoms. The molecule has 3 heterocycles. The van der Waals surface area contributed by atoms with Crippen LogP contribution in [0.4, 0.5) is 18.9 Å². The molecule has 1 fully saturated rings. The van der Waals surface area contributed by atoms with Gasteiger partial charge in [-0.1, -0.05) is 0 Å². The normalized spacial score (nSPS) is 23.9. The van der Waals surface area contributed by atoms with E-state index < -0.39 is 36.9 Å². The van der Waals surface area contributed by atoms with Gasteiger partial charge in [0.2, 0.25) is 12.7 Å². The van der Waals surface area contributed by atoms with Crippen LogP contribution in [0.5, 0.6) is 17.2 Å². The quantitative estimate of drug-likeness (QED) is 0.550. The minimum Gasteiger partial charge on any atom is -0.487 e. The van der Waals surface area contributed by atoms with Crippen molar-refractivity contribution < 1.29 is 46.8 Å². The molecule has 36 heavy (non-hydrogen) atoms. The molecule has 3 aliphatic heterocycles. The van der Waals surface area contributed by atoms with Gasteiger partial charge >= 0.3 is 6.18 Å². The highest BCUT2D eigenvalue weighted by molar-refractivity contribution is 6.04. The van der Waals surface area contributed by atoms with Crippen LogP contribution in [-0.2, 0) is 9.53 Å². The van der Waals surface area contributed by atoms with Gasteiger partial charge in [0, 0.05) is 22.7 Å². The smallest absolute Gasteiger partial charge is 0.405 e. The minimum absolute atomic E-state index is 0.0946. The SMILES string of the molecule is O=C(C[C@@H]1C[C@@H]2c3cc(NC(=O)c4ccc5c(c4)OCO5)ccc3O[C@@H]2[C@H](CO)O1)NCC(F)(F)F. The summed E-state index contributed by atoms with van der Waals surface area (Å²) in [6, 6.07) is 9.99. The standard InChI is InChI=1S/C24H23F3N2O7/c25-24(26,27)10-28-21(31)8-14-7-16-15-6-13(2-4-17(15)36-22(16)20(9-30)35-14)29-23(32)12-1-3-18-19(5-12)34-11-33-18/h1-6,14,16,20,22,30H,7-11H2,(H,28,31)(H,29,32)/t14-,16+,20-,22-/m0/s1. The third-order valence-electron chi connectivity index (χ3n) is 6.29. The zero-order valence-electron chi connectivity index (χ0n) is 18.8. The van der Waals surface area contributed by atoms with E-state index in [-0.39, 0.29) is 31.6 Å². The largest absolute Gasteiger partial charge is 0.487 e. The summed E-state index contributed by atoms with van der Waals surface area (Å²) in [5, 5.41) is 14.5. The van der Waals surface area contributed by atoms with Crippen molar-refractivity contribution in [2.24, 2.45) is 0 Å². The summed E-state index contributed by atoms with van der Waals surface area (Å²) in [6.07, 6.45) is -6.50. The van der Waals surface area contributed by atoms with Crippen molar-refractivity contribution >= 4 is 17.5 Å². The van der Waals surface area contributed by atoms with Crippen molar-refractivity contribution in [1.82, 2.24) is 5.32 Å². The highest BCUT2D eigenvalue weighted by atomic mass is 19.4. The Morgan fingerprint density at radius 1 is 1.06 bits per heavy atom. The van der Waals surface area contributed by atoms with Gasteiger partial charge in [0.05, 0.1) is 19.1 Å². The van der Waals surface area contributed by atoms with E-state index in [1.807, 2.05) is 5.32 Å². The van der Waals surface area contributed by atoms with Crippen LogP contribution >= 0.6 is 0 Å². The number of alkyl halides is 3. The lowest BCUT2D eigenvalue weighted by Crippen LogP contribution is -2.47. The van der Waals surface area contributed by atoms with E-state index >= 15 is 0 Å². The van der Waals surface area contributed by atoms with Gasteiger partial charge in [0.15, 0.2) is 11.5 Å². The molecule has 5 rings (SSSR count). The van der Waals surface area contributed by atoms with Crippen LogP contribution in [0.1, 0.15) is 34.7 Å². The Kier molecular flexibility index (Phi) is 6.39. The first-order valence-corrected chi connectivity index (χ1v) is 11.3. The number of aliphatic hydroxyl groups is 1. The molecule has 3 N–H and O–H groups in total. The summed E-state index contributed by atoms with van der Waals surface area (Å²) in [6.45, 7) is -1.72. The molecule has 4 atom stereocenters. The number of halogens is 3. The Balaban J connectivity index is 1.29. The van der Waals surface area contributed by atoms with E-state index in [2.05, 4.69) is 5.32 Å². The van der Waals surface area contributed by atoms with Crippen molar-refractivity contribution in [2.45, 2.75) is 43.2 Å². The number of nitrogens with one attached hydrogen (secondary N) is 2. The first kappa shape index (κ1) is 24.2. The number of rotatable bonds is 6. The van der Waals surface area contributed by atoms with Crippen molar-refractivity contribution in [3.8, 4) is 17.2 Å². The topological polar surface area (TPSA) is 115 Å². The lowest BCUT2D eigenvalue weighted by molar-refractivity contribution is -0.149. The number of aliphatic hydroxyl groups excluding tert-OH is 1. The Labute approximate surface area is 203 Å². The van der Waals surface area contributed by atoms with Gasteiger partial charge in [-0.3, -0.25) is 9.59 Å². The average molecular weight is 508 g/mol. The molecule has 0 radical (unpaired) electrons.